The van der Waals surface area contributed by atoms with Crippen LogP contribution < -0.4 is 0 Å². The maximum absolute atomic E-state index is 9.46. The van der Waals surface area contributed by atoms with Gasteiger partial charge in [-0.3, -0.25) is 0 Å². The molecule has 2 aliphatic heterocycles. The molecule has 0 amide bonds. The molecule has 6 atom stereocenters. The Labute approximate surface area is 208 Å². The standard InChI is InChI=1S/C26H35N3O5Si/c1-26(2,3)35(4,5)34-25-21(28-29-27)23(30-16-18-12-8-6-9-13-18)22-20(32-25)17-31-24(33-22)19-14-10-7-11-15-19/h6-15,20-25H,16-17H2,1-5H3/t20-,21-,22-,23-,24?,25+/m1/s1. The highest BCUT2D eigenvalue weighted by molar-refractivity contribution is 6.74. The molecule has 0 radical (unpaired) electrons. The van der Waals surface area contributed by atoms with E-state index in [1.54, 1.807) is 0 Å². The van der Waals surface area contributed by atoms with Gasteiger partial charge in [0.25, 0.3) is 0 Å². The molecule has 2 aromatic carbocycles. The molecule has 188 valence electrons. The quantitative estimate of drug-likeness (QED) is 0.199. The predicted octanol–water partition coefficient (Wildman–Crippen LogP) is 6.11. The van der Waals surface area contributed by atoms with Crippen molar-refractivity contribution in [2.24, 2.45) is 5.11 Å². The summed E-state index contributed by atoms with van der Waals surface area (Å²) in [6.07, 6.45) is -2.81. The van der Waals surface area contributed by atoms with Crippen LogP contribution in [-0.2, 0) is 30.0 Å². The first kappa shape index (κ1) is 25.8. The summed E-state index contributed by atoms with van der Waals surface area (Å²) in [5.74, 6) is 0. The minimum atomic E-state index is -2.25. The van der Waals surface area contributed by atoms with Gasteiger partial charge < -0.3 is 23.4 Å². The Bertz CT molecular complexity index is 1010. The van der Waals surface area contributed by atoms with Crippen LogP contribution in [0.5, 0.6) is 0 Å². The summed E-state index contributed by atoms with van der Waals surface area (Å²) in [6, 6.07) is 18.9. The van der Waals surface area contributed by atoms with E-state index in [2.05, 4.69) is 43.9 Å². The third-order valence-corrected chi connectivity index (χ3v) is 11.5. The molecule has 0 aromatic heterocycles. The van der Waals surface area contributed by atoms with E-state index in [0.717, 1.165) is 11.1 Å². The number of hydrogen-bond donors (Lipinski definition) is 0. The zero-order valence-electron chi connectivity index (χ0n) is 21.0. The van der Waals surface area contributed by atoms with Crippen molar-refractivity contribution in [3.05, 3.63) is 82.2 Å². The molecule has 2 saturated heterocycles. The van der Waals surface area contributed by atoms with Crippen molar-refractivity contribution in [2.45, 2.75) is 82.4 Å². The number of ether oxygens (including phenoxy) is 4. The highest BCUT2D eigenvalue weighted by Crippen LogP contribution is 2.42. The molecular formula is C26H35N3O5Si. The maximum atomic E-state index is 9.46. The molecular weight excluding hydrogens is 462 g/mol. The third-order valence-electron chi connectivity index (χ3n) is 7.07. The lowest BCUT2D eigenvalue weighted by Crippen LogP contribution is -2.64. The molecule has 2 aliphatic rings. The molecule has 0 N–H and O–H groups in total. The molecule has 2 fully saturated rings. The lowest BCUT2D eigenvalue weighted by Gasteiger charge is -2.50. The molecule has 2 heterocycles. The van der Waals surface area contributed by atoms with Gasteiger partial charge in [0, 0.05) is 10.5 Å². The van der Waals surface area contributed by atoms with E-state index in [4.69, 9.17) is 23.4 Å². The fraction of sp³-hybridized carbons (Fsp3) is 0.538. The average molecular weight is 498 g/mol. The van der Waals surface area contributed by atoms with Crippen LogP contribution >= 0.6 is 0 Å². The molecule has 2 aromatic rings. The summed E-state index contributed by atoms with van der Waals surface area (Å²) < 4.78 is 31.8. The van der Waals surface area contributed by atoms with Gasteiger partial charge >= 0.3 is 0 Å². The lowest BCUT2D eigenvalue weighted by atomic mass is 9.96. The number of hydrogen-bond acceptors (Lipinski definition) is 6. The summed E-state index contributed by atoms with van der Waals surface area (Å²) in [7, 11) is -2.25. The van der Waals surface area contributed by atoms with Gasteiger partial charge in [-0.15, -0.1) is 0 Å². The monoisotopic (exact) mass is 497 g/mol. The van der Waals surface area contributed by atoms with Crippen LogP contribution in [0.4, 0.5) is 0 Å². The summed E-state index contributed by atoms with van der Waals surface area (Å²) in [5, 5.41) is 4.07. The first-order valence-electron chi connectivity index (χ1n) is 12.0. The van der Waals surface area contributed by atoms with Gasteiger partial charge in [-0.25, -0.2) is 0 Å². The van der Waals surface area contributed by atoms with Crippen LogP contribution in [0.1, 0.15) is 38.2 Å². The van der Waals surface area contributed by atoms with Crippen molar-refractivity contribution in [3.63, 3.8) is 0 Å². The Morgan fingerprint density at radius 3 is 2.31 bits per heavy atom. The van der Waals surface area contributed by atoms with E-state index in [-0.39, 0.29) is 5.04 Å². The van der Waals surface area contributed by atoms with Gasteiger partial charge in [0.2, 0.25) is 0 Å². The number of nitrogens with zero attached hydrogens (tertiary/aromatic N) is 3. The Morgan fingerprint density at radius 2 is 1.69 bits per heavy atom. The zero-order valence-corrected chi connectivity index (χ0v) is 22.0. The van der Waals surface area contributed by atoms with Crippen LogP contribution in [0.2, 0.25) is 18.1 Å². The second-order valence-electron chi connectivity index (χ2n) is 10.6. The molecule has 4 rings (SSSR count). The van der Waals surface area contributed by atoms with Crippen molar-refractivity contribution in [1.29, 1.82) is 0 Å². The number of benzene rings is 2. The molecule has 0 saturated carbocycles. The van der Waals surface area contributed by atoms with E-state index >= 15 is 0 Å². The summed E-state index contributed by atoms with van der Waals surface area (Å²) in [5.41, 5.74) is 11.4. The van der Waals surface area contributed by atoms with Crippen molar-refractivity contribution in [2.75, 3.05) is 6.61 Å². The van der Waals surface area contributed by atoms with Crippen LogP contribution in [0.3, 0.4) is 0 Å². The topological polar surface area (TPSA) is 94.9 Å². The van der Waals surface area contributed by atoms with Crippen molar-refractivity contribution < 1.29 is 23.4 Å². The first-order valence-corrected chi connectivity index (χ1v) is 15.0. The number of azide groups is 1. The highest BCUT2D eigenvalue weighted by atomic mass is 28.4. The second kappa shape index (κ2) is 10.8. The molecule has 9 heteroatoms. The summed E-state index contributed by atoms with van der Waals surface area (Å²) in [6.45, 7) is 11.4. The first-order chi connectivity index (χ1) is 16.7. The zero-order chi connectivity index (χ0) is 25.1. The second-order valence-corrected chi connectivity index (χ2v) is 15.3. The maximum Gasteiger partial charge on any atom is 0.195 e. The SMILES string of the molecule is CC(C)(C)[Si](C)(C)O[C@@H]1O[C@@H]2COC(c3ccccc3)O[C@H]2[C@H](OCc2ccccc2)[C@H]1N=[N+]=[N-]. The van der Waals surface area contributed by atoms with E-state index < -0.39 is 45.3 Å². The normalized spacial score (nSPS) is 29.2. The Morgan fingerprint density at radius 1 is 1.03 bits per heavy atom. The van der Waals surface area contributed by atoms with E-state index in [1.807, 2.05) is 60.7 Å². The largest absolute Gasteiger partial charge is 0.392 e. The lowest BCUT2D eigenvalue weighted by molar-refractivity contribution is -0.338. The predicted molar refractivity (Wildman–Crippen MR) is 135 cm³/mol. The average Bonchev–Trinajstić information content (AvgIpc) is 2.84. The number of fused-ring (bicyclic) bond motifs is 1. The van der Waals surface area contributed by atoms with Gasteiger partial charge in [0.1, 0.15) is 24.4 Å². The van der Waals surface area contributed by atoms with Crippen LogP contribution in [0.15, 0.2) is 65.8 Å². The van der Waals surface area contributed by atoms with Crippen molar-refractivity contribution >= 4 is 8.32 Å². The molecule has 0 spiro atoms. The summed E-state index contributed by atoms with van der Waals surface area (Å²) in [4.78, 5) is 3.14. The van der Waals surface area contributed by atoms with Gasteiger partial charge in [0.05, 0.1) is 13.2 Å². The Kier molecular flexibility index (Phi) is 7.98. The Balaban J connectivity index is 1.63. The smallest absolute Gasteiger partial charge is 0.195 e. The third kappa shape index (κ3) is 5.95. The van der Waals surface area contributed by atoms with Gasteiger partial charge in [0.15, 0.2) is 20.9 Å². The van der Waals surface area contributed by atoms with Crippen molar-refractivity contribution in [1.82, 2.24) is 0 Å². The van der Waals surface area contributed by atoms with E-state index in [9.17, 15) is 5.53 Å². The van der Waals surface area contributed by atoms with Gasteiger partial charge in [-0.05, 0) is 29.2 Å². The highest BCUT2D eigenvalue weighted by Gasteiger charge is 2.53. The summed E-state index contributed by atoms with van der Waals surface area (Å²) >= 11 is 0. The minimum Gasteiger partial charge on any atom is -0.392 e. The molecule has 0 aliphatic carbocycles. The molecule has 1 unspecified atom stereocenters. The molecule has 35 heavy (non-hydrogen) atoms. The number of rotatable bonds is 7. The van der Waals surface area contributed by atoms with E-state index in [1.165, 1.54) is 0 Å². The van der Waals surface area contributed by atoms with Crippen LogP contribution in [0, 0.1) is 0 Å². The van der Waals surface area contributed by atoms with Crippen LogP contribution in [-0.4, -0.2) is 45.6 Å². The minimum absolute atomic E-state index is 0.0491. The Hall–Kier alpha value is -2.23. The van der Waals surface area contributed by atoms with E-state index in [0.29, 0.717) is 13.2 Å². The molecule has 8 nitrogen and oxygen atoms in total. The fourth-order valence-electron chi connectivity index (χ4n) is 4.04. The fourth-order valence-corrected chi connectivity index (χ4v) is 5.17. The molecule has 0 bridgehead atoms. The van der Waals surface area contributed by atoms with Gasteiger partial charge in [-0.2, -0.15) is 0 Å². The van der Waals surface area contributed by atoms with Crippen molar-refractivity contribution in [3.8, 4) is 0 Å². The van der Waals surface area contributed by atoms with Crippen LogP contribution in [0.25, 0.3) is 10.4 Å². The van der Waals surface area contributed by atoms with Gasteiger partial charge in [-0.1, -0.05) is 86.5 Å².